The van der Waals surface area contributed by atoms with Crippen LogP contribution in [0.15, 0.2) is 0 Å². The summed E-state index contributed by atoms with van der Waals surface area (Å²) in [5.74, 6) is 0. The van der Waals surface area contributed by atoms with Crippen molar-refractivity contribution in [3.8, 4) is 0 Å². The van der Waals surface area contributed by atoms with Crippen molar-refractivity contribution < 1.29 is 42.7 Å². The van der Waals surface area contributed by atoms with Gasteiger partial charge in [0.25, 0.3) is 0 Å². The van der Waals surface area contributed by atoms with Gasteiger partial charge in [-0.15, -0.1) is 0 Å². The van der Waals surface area contributed by atoms with Gasteiger partial charge in [0.15, 0.2) is 6.10 Å². The van der Waals surface area contributed by atoms with E-state index in [4.69, 9.17) is 37.9 Å². The zero-order valence-corrected chi connectivity index (χ0v) is 32.4. The van der Waals surface area contributed by atoms with Crippen LogP contribution in [0.5, 0.6) is 0 Å². The van der Waals surface area contributed by atoms with Crippen LogP contribution in [0.4, 0.5) is 4.79 Å². The second kappa shape index (κ2) is 21.2. The molecule has 0 spiro atoms. The first-order valence-electron chi connectivity index (χ1n) is 17.3. The van der Waals surface area contributed by atoms with Gasteiger partial charge in [0.2, 0.25) is 0 Å². The van der Waals surface area contributed by atoms with Crippen molar-refractivity contribution in [1.29, 1.82) is 0 Å². The van der Waals surface area contributed by atoms with Crippen molar-refractivity contribution in [1.82, 2.24) is 5.32 Å². The molecule has 0 bridgehead atoms. The average Bonchev–Trinajstić information content (AvgIpc) is 2.86. The topological polar surface area (TPSA) is 103 Å². The van der Waals surface area contributed by atoms with E-state index in [1.807, 2.05) is 90.0 Å². The number of nitrogens with one attached hydrogen (secondary N) is 1. The van der Waals surface area contributed by atoms with E-state index in [0.717, 1.165) is 12.8 Å². The molecule has 1 unspecified atom stereocenters. The van der Waals surface area contributed by atoms with E-state index in [1.54, 1.807) is 0 Å². The number of alkyl carbamates (subject to hydrolysis) is 1. The molecule has 1 N–H and O–H groups in total. The van der Waals surface area contributed by atoms with E-state index < -0.39 is 23.4 Å². The van der Waals surface area contributed by atoms with Crippen LogP contribution >= 0.6 is 0 Å². The number of amides is 1. The number of rotatable bonds is 26. The van der Waals surface area contributed by atoms with Crippen LogP contribution in [0.2, 0.25) is 0 Å². The fourth-order valence-corrected chi connectivity index (χ4v) is 3.97. The summed E-state index contributed by atoms with van der Waals surface area (Å²) in [7, 11) is 0. The van der Waals surface area contributed by atoms with Gasteiger partial charge in [-0.25, -0.2) is 4.79 Å². The summed E-state index contributed by atoms with van der Waals surface area (Å²) in [6.07, 6.45) is 2.16. The van der Waals surface area contributed by atoms with Gasteiger partial charge in [-0.3, -0.25) is 0 Å². The van der Waals surface area contributed by atoms with Crippen molar-refractivity contribution in [2.75, 3.05) is 52.8 Å². The van der Waals surface area contributed by atoms with Crippen molar-refractivity contribution in [2.24, 2.45) is 0 Å². The standard InChI is InChI=1S/C36H73NO9/c1-28(2)39-21-16-33(8,9)42-24-19-36(14,15)45-27-30(26-44-35(12,13)18-23-41-32(5,6)7)46-31(38)37-20-25-43-34(10,11)17-22-40-29(3)4/h28-30H,16-27H2,1-15H3,(H,37,38). The summed E-state index contributed by atoms with van der Waals surface area (Å²) in [5.41, 5.74) is -1.86. The Labute approximate surface area is 282 Å². The molecule has 0 aromatic rings. The third-order valence-electron chi connectivity index (χ3n) is 7.20. The Morgan fingerprint density at radius 1 is 0.522 bits per heavy atom. The van der Waals surface area contributed by atoms with Gasteiger partial charge in [0.1, 0.15) is 0 Å². The second-order valence-corrected chi connectivity index (χ2v) is 16.1. The smallest absolute Gasteiger partial charge is 0.407 e. The normalized spacial score (nSPS) is 14.3. The molecule has 0 aliphatic carbocycles. The van der Waals surface area contributed by atoms with Crippen LogP contribution in [0.1, 0.15) is 130 Å². The van der Waals surface area contributed by atoms with Gasteiger partial charge in [-0.2, -0.15) is 0 Å². The summed E-state index contributed by atoms with van der Waals surface area (Å²) in [4.78, 5) is 12.8. The molecule has 1 amide bonds. The van der Waals surface area contributed by atoms with Crippen LogP contribution in [0, 0.1) is 0 Å². The third-order valence-corrected chi connectivity index (χ3v) is 7.20. The van der Waals surface area contributed by atoms with E-state index in [0.29, 0.717) is 52.4 Å². The highest BCUT2D eigenvalue weighted by molar-refractivity contribution is 5.67. The molecule has 46 heavy (non-hydrogen) atoms. The van der Waals surface area contributed by atoms with Gasteiger partial charge >= 0.3 is 6.09 Å². The molecule has 276 valence electrons. The number of carbonyl (C=O) groups excluding carboxylic acids is 1. The molecule has 10 nitrogen and oxygen atoms in total. The van der Waals surface area contributed by atoms with Crippen molar-refractivity contribution >= 4 is 6.09 Å². The lowest BCUT2D eigenvalue weighted by Gasteiger charge is -2.32. The van der Waals surface area contributed by atoms with Crippen LogP contribution < -0.4 is 5.32 Å². The molecule has 0 fully saturated rings. The Hall–Kier alpha value is -1.01. The van der Waals surface area contributed by atoms with Crippen molar-refractivity contribution in [3.05, 3.63) is 0 Å². The molecule has 0 aromatic carbocycles. The molecule has 0 rings (SSSR count). The highest BCUT2D eigenvalue weighted by Crippen LogP contribution is 2.22. The monoisotopic (exact) mass is 664 g/mol. The highest BCUT2D eigenvalue weighted by atomic mass is 16.6. The SMILES string of the molecule is CC(C)OCCC(C)(C)OCCNC(=O)OC(COC(C)(C)CCOC(C)(C)C)COC(C)(C)CCOC(C)(C)CCOC(C)C. The molecular formula is C36H73NO9. The molecule has 0 radical (unpaired) electrons. The Bertz CT molecular complexity index is 804. The van der Waals surface area contributed by atoms with Crippen LogP contribution in [-0.2, 0) is 37.9 Å². The minimum Gasteiger partial charge on any atom is -0.441 e. The van der Waals surface area contributed by atoms with Gasteiger partial charge in [-0.1, -0.05) is 0 Å². The molecule has 0 aromatic heterocycles. The first-order chi connectivity index (χ1) is 20.9. The number of hydrogen-bond donors (Lipinski definition) is 1. The Balaban J connectivity index is 5.04. The quantitative estimate of drug-likeness (QED) is 0.0943. The molecule has 0 aliphatic heterocycles. The van der Waals surface area contributed by atoms with Gasteiger partial charge < -0.3 is 43.2 Å². The summed E-state index contributed by atoms with van der Waals surface area (Å²) >= 11 is 0. The summed E-state index contributed by atoms with van der Waals surface area (Å²) < 4.78 is 47.7. The maximum atomic E-state index is 12.8. The van der Waals surface area contributed by atoms with Crippen LogP contribution in [0.3, 0.4) is 0 Å². The molecule has 0 aliphatic rings. The molecule has 0 heterocycles. The number of ether oxygens (including phenoxy) is 8. The van der Waals surface area contributed by atoms with Crippen LogP contribution in [0.25, 0.3) is 0 Å². The van der Waals surface area contributed by atoms with E-state index in [1.165, 1.54) is 0 Å². The zero-order chi connectivity index (χ0) is 35.7. The average molecular weight is 664 g/mol. The lowest BCUT2D eigenvalue weighted by molar-refractivity contribution is -0.126. The number of carbonyl (C=O) groups is 1. The van der Waals surface area contributed by atoms with E-state index in [9.17, 15) is 4.79 Å². The molecule has 0 saturated carbocycles. The number of hydrogen-bond acceptors (Lipinski definition) is 9. The highest BCUT2D eigenvalue weighted by Gasteiger charge is 2.28. The predicted octanol–water partition coefficient (Wildman–Crippen LogP) is 7.49. The molecule has 10 heteroatoms. The Kier molecular flexibility index (Phi) is 20.7. The zero-order valence-electron chi connectivity index (χ0n) is 32.4. The van der Waals surface area contributed by atoms with Gasteiger partial charge in [-0.05, 0) is 130 Å². The summed E-state index contributed by atoms with van der Waals surface area (Å²) in [6, 6.07) is 0. The Morgan fingerprint density at radius 3 is 1.30 bits per heavy atom. The molecule has 0 saturated heterocycles. The lowest BCUT2D eigenvalue weighted by atomic mass is 10.0. The van der Waals surface area contributed by atoms with E-state index >= 15 is 0 Å². The largest absolute Gasteiger partial charge is 0.441 e. The summed E-state index contributed by atoms with van der Waals surface area (Å²) in [5, 5.41) is 2.80. The van der Waals surface area contributed by atoms with Crippen molar-refractivity contribution in [3.63, 3.8) is 0 Å². The van der Waals surface area contributed by atoms with Crippen LogP contribution in [-0.4, -0.2) is 105 Å². The van der Waals surface area contributed by atoms with E-state index in [2.05, 4.69) is 19.2 Å². The lowest BCUT2D eigenvalue weighted by Crippen LogP contribution is -2.41. The predicted molar refractivity (Wildman–Crippen MR) is 185 cm³/mol. The minimum absolute atomic E-state index is 0.181. The summed E-state index contributed by atoms with van der Waals surface area (Å²) in [6.45, 7) is 33.8. The van der Waals surface area contributed by atoms with Gasteiger partial charge in [0.05, 0.1) is 66.6 Å². The molecular weight excluding hydrogens is 590 g/mol. The fourth-order valence-electron chi connectivity index (χ4n) is 3.97. The van der Waals surface area contributed by atoms with Crippen molar-refractivity contribution in [2.45, 2.75) is 176 Å². The first-order valence-corrected chi connectivity index (χ1v) is 17.3. The molecule has 1 atom stereocenters. The maximum absolute atomic E-state index is 12.8. The minimum atomic E-state index is -0.613. The van der Waals surface area contributed by atoms with Gasteiger partial charge in [0, 0.05) is 26.4 Å². The second-order valence-electron chi connectivity index (χ2n) is 16.1. The maximum Gasteiger partial charge on any atom is 0.407 e. The fraction of sp³-hybridized carbons (Fsp3) is 0.972. The van der Waals surface area contributed by atoms with E-state index in [-0.39, 0.29) is 42.2 Å². The third kappa shape index (κ3) is 27.0. The first kappa shape index (κ1) is 45.0. The Morgan fingerprint density at radius 2 is 0.891 bits per heavy atom.